The topological polar surface area (TPSA) is 42.2 Å². The first-order valence-electron chi connectivity index (χ1n) is 5.36. The lowest BCUT2D eigenvalue weighted by Gasteiger charge is -2.12. The average molecular weight is 217 g/mol. The van der Waals surface area contributed by atoms with Gasteiger partial charge in [0, 0.05) is 18.4 Å². The van der Waals surface area contributed by atoms with Crippen LogP contribution in [0.25, 0.3) is 10.9 Å². The molecule has 0 spiro atoms. The van der Waals surface area contributed by atoms with Crippen molar-refractivity contribution < 1.29 is 9.90 Å². The van der Waals surface area contributed by atoms with Gasteiger partial charge in [0.05, 0.1) is 11.2 Å². The summed E-state index contributed by atoms with van der Waals surface area (Å²) in [5, 5.41) is 10.5. The van der Waals surface area contributed by atoms with E-state index in [1.54, 1.807) is 25.1 Å². The Bertz CT molecular complexity index is 552. The summed E-state index contributed by atoms with van der Waals surface area (Å²) in [6.07, 6.45) is 0. The Labute approximate surface area is 94.3 Å². The SMILES string of the molecule is CC(=O)c1cc2c(O)cccc2n1C(C)C. The van der Waals surface area contributed by atoms with E-state index in [0.29, 0.717) is 5.69 Å². The molecule has 0 radical (unpaired) electrons. The summed E-state index contributed by atoms with van der Waals surface area (Å²) in [5.74, 6) is 0.240. The number of nitrogens with zero attached hydrogens (tertiary/aromatic N) is 1. The third-order valence-electron chi connectivity index (χ3n) is 2.74. The first-order valence-corrected chi connectivity index (χ1v) is 5.36. The van der Waals surface area contributed by atoms with Crippen molar-refractivity contribution >= 4 is 16.7 Å². The van der Waals surface area contributed by atoms with Gasteiger partial charge in [-0.3, -0.25) is 4.79 Å². The molecule has 1 N–H and O–H groups in total. The molecule has 0 amide bonds. The van der Waals surface area contributed by atoms with Gasteiger partial charge in [-0.2, -0.15) is 0 Å². The first-order chi connectivity index (χ1) is 7.52. The van der Waals surface area contributed by atoms with Gasteiger partial charge in [-0.1, -0.05) is 6.07 Å². The van der Waals surface area contributed by atoms with Crippen LogP contribution in [-0.4, -0.2) is 15.5 Å². The molecule has 3 nitrogen and oxygen atoms in total. The number of hydrogen-bond donors (Lipinski definition) is 1. The smallest absolute Gasteiger partial charge is 0.176 e. The molecule has 16 heavy (non-hydrogen) atoms. The van der Waals surface area contributed by atoms with Gasteiger partial charge < -0.3 is 9.67 Å². The second-order valence-electron chi connectivity index (χ2n) is 4.26. The molecule has 0 atom stereocenters. The number of Topliss-reactive ketones (excluding diaryl/α,β-unsaturated/α-hetero) is 1. The van der Waals surface area contributed by atoms with Crippen molar-refractivity contribution in [2.24, 2.45) is 0 Å². The van der Waals surface area contributed by atoms with Crippen molar-refractivity contribution in [2.75, 3.05) is 0 Å². The molecule has 1 heterocycles. The highest BCUT2D eigenvalue weighted by molar-refractivity contribution is 6.00. The molecule has 2 rings (SSSR count). The predicted octanol–water partition coefficient (Wildman–Crippen LogP) is 3.13. The Morgan fingerprint density at radius 3 is 2.62 bits per heavy atom. The largest absolute Gasteiger partial charge is 0.507 e. The lowest BCUT2D eigenvalue weighted by Crippen LogP contribution is -2.08. The molecule has 0 bridgehead atoms. The number of rotatable bonds is 2. The van der Waals surface area contributed by atoms with Gasteiger partial charge in [0.2, 0.25) is 0 Å². The Morgan fingerprint density at radius 1 is 1.38 bits per heavy atom. The van der Waals surface area contributed by atoms with E-state index in [1.165, 1.54) is 0 Å². The van der Waals surface area contributed by atoms with Crippen LogP contribution in [0.2, 0.25) is 0 Å². The van der Waals surface area contributed by atoms with Crippen molar-refractivity contribution in [3.05, 3.63) is 30.0 Å². The quantitative estimate of drug-likeness (QED) is 0.785. The number of phenols is 1. The number of benzene rings is 1. The maximum atomic E-state index is 11.5. The minimum Gasteiger partial charge on any atom is -0.507 e. The fraction of sp³-hybridized carbons (Fsp3) is 0.308. The van der Waals surface area contributed by atoms with Crippen LogP contribution in [0.15, 0.2) is 24.3 Å². The zero-order valence-corrected chi connectivity index (χ0v) is 9.69. The van der Waals surface area contributed by atoms with Crippen molar-refractivity contribution in [1.29, 1.82) is 0 Å². The molecule has 0 saturated carbocycles. The molecule has 84 valence electrons. The van der Waals surface area contributed by atoms with Crippen LogP contribution in [-0.2, 0) is 0 Å². The van der Waals surface area contributed by atoms with Crippen LogP contribution >= 0.6 is 0 Å². The highest BCUT2D eigenvalue weighted by Crippen LogP contribution is 2.30. The molecule has 2 aromatic rings. The number of phenolic OH excluding ortho intramolecular Hbond substituents is 1. The summed E-state index contributed by atoms with van der Waals surface area (Å²) in [4.78, 5) is 11.5. The highest BCUT2D eigenvalue weighted by atomic mass is 16.3. The minimum absolute atomic E-state index is 0.0179. The number of hydrogen-bond acceptors (Lipinski definition) is 2. The number of carbonyl (C=O) groups excluding carboxylic acids is 1. The fourth-order valence-corrected chi connectivity index (χ4v) is 2.06. The van der Waals surface area contributed by atoms with Gasteiger partial charge in [-0.25, -0.2) is 0 Å². The summed E-state index contributed by atoms with van der Waals surface area (Å²) in [7, 11) is 0. The van der Waals surface area contributed by atoms with E-state index < -0.39 is 0 Å². The molecule has 0 aliphatic rings. The summed E-state index contributed by atoms with van der Waals surface area (Å²) in [6, 6.07) is 7.30. The molecular weight excluding hydrogens is 202 g/mol. The number of aromatic nitrogens is 1. The Balaban J connectivity index is 2.86. The van der Waals surface area contributed by atoms with Crippen LogP contribution < -0.4 is 0 Å². The highest BCUT2D eigenvalue weighted by Gasteiger charge is 2.15. The number of ketones is 1. The van der Waals surface area contributed by atoms with Crippen molar-refractivity contribution in [3.8, 4) is 5.75 Å². The molecule has 0 saturated heterocycles. The van der Waals surface area contributed by atoms with E-state index >= 15 is 0 Å². The van der Waals surface area contributed by atoms with Gasteiger partial charge in [0.15, 0.2) is 5.78 Å². The Hall–Kier alpha value is -1.77. The molecule has 0 fully saturated rings. The summed E-state index contributed by atoms with van der Waals surface area (Å²) < 4.78 is 1.96. The van der Waals surface area contributed by atoms with E-state index in [1.807, 2.05) is 24.5 Å². The zero-order chi connectivity index (χ0) is 11.9. The van der Waals surface area contributed by atoms with Gasteiger partial charge in [0.1, 0.15) is 5.75 Å². The molecule has 3 heteroatoms. The second-order valence-corrected chi connectivity index (χ2v) is 4.26. The normalized spacial score (nSPS) is 11.2. The van der Waals surface area contributed by atoms with Crippen LogP contribution in [0, 0.1) is 0 Å². The van der Waals surface area contributed by atoms with E-state index in [4.69, 9.17) is 0 Å². The van der Waals surface area contributed by atoms with Crippen molar-refractivity contribution in [1.82, 2.24) is 4.57 Å². The summed E-state index contributed by atoms with van der Waals surface area (Å²) >= 11 is 0. The van der Waals surface area contributed by atoms with Crippen molar-refractivity contribution in [2.45, 2.75) is 26.8 Å². The molecule has 0 aliphatic carbocycles. The van der Waals surface area contributed by atoms with Crippen LogP contribution in [0.1, 0.15) is 37.3 Å². The molecule has 0 unspecified atom stereocenters. The maximum Gasteiger partial charge on any atom is 0.176 e. The van der Waals surface area contributed by atoms with E-state index in [-0.39, 0.29) is 17.6 Å². The fourth-order valence-electron chi connectivity index (χ4n) is 2.06. The average Bonchev–Trinajstić information content (AvgIpc) is 2.58. The van der Waals surface area contributed by atoms with Gasteiger partial charge in [0.25, 0.3) is 0 Å². The number of carbonyl (C=O) groups is 1. The Kier molecular flexibility index (Phi) is 2.46. The molecule has 1 aromatic heterocycles. The van der Waals surface area contributed by atoms with Crippen molar-refractivity contribution in [3.63, 3.8) is 0 Å². The lowest BCUT2D eigenvalue weighted by molar-refractivity contribution is 0.100. The van der Waals surface area contributed by atoms with Crippen LogP contribution in [0.5, 0.6) is 5.75 Å². The minimum atomic E-state index is 0.0179. The molecule has 1 aromatic carbocycles. The lowest BCUT2D eigenvalue weighted by atomic mass is 10.2. The van der Waals surface area contributed by atoms with E-state index in [2.05, 4.69) is 0 Å². The van der Waals surface area contributed by atoms with Crippen LogP contribution in [0.3, 0.4) is 0 Å². The standard InChI is InChI=1S/C13H15NO2/c1-8(2)14-11-5-4-6-13(16)10(11)7-12(14)9(3)15/h4-8,16H,1-3H3. The maximum absolute atomic E-state index is 11.5. The third kappa shape index (κ3) is 1.48. The number of fused-ring (bicyclic) bond motifs is 1. The third-order valence-corrected chi connectivity index (χ3v) is 2.74. The number of aromatic hydroxyl groups is 1. The summed E-state index contributed by atoms with van der Waals surface area (Å²) in [6.45, 7) is 5.59. The van der Waals surface area contributed by atoms with Gasteiger partial charge >= 0.3 is 0 Å². The molecule has 0 aliphatic heterocycles. The predicted molar refractivity (Wildman–Crippen MR) is 64.0 cm³/mol. The second kappa shape index (κ2) is 3.67. The van der Waals surface area contributed by atoms with Gasteiger partial charge in [-0.15, -0.1) is 0 Å². The molecular formula is C13H15NO2. The van der Waals surface area contributed by atoms with Crippen LogP contribution in [0.4, 0.5) is 0 Å². The Morgan fingerprint density at radius 2 is 2.06 bits per heavy atom. The zero-order valence-electron chi connectivity index (χ0n) is 9.69. The monoisotopic (exact) mass is 217 g/mol. The summed E-state index contributed by atoms with van der Waals surface area (Å²) in [5.41, 5.74) is 1.55. The van der Waals surface area contributed by atoms with E-state index in [0.717, 1.165) is 10.9 Å². The first kappa shape index (κ1) is 10.7. The van der Waals surface area contributed by atoms with E-state index in [9.17, 15) is 9.90 Å². The van der Waals surface area contributed by atoms with Gasteiger partial charge in [-0.05, 0) is 32.0 Å².